The highest BCUT2D eigenvalue weighted by Gasteiger charge is 2.30. The number of hydrogen-bond donors (Lipinski definition) is 1. The number of nitrogens with zero attached hydrogens (tertiary/aromatic N) is 4. The average molecular weight is 518 g/mol. The number of aryl methyl sites for hydroxylation is 1. The van der Waals surface area contributed by atoms with Crippen molar-refractivity contribution in [1.29, 1.82) is 0 Å². The van der Waals surface area contributed by atoms with Gasteiger partial charge in [-0.15, -0.1) is 23.7 Å². The molecule has 3 aromatic heterocycles. The molecule has 186 valence electrons. The highest BCUT2D eigenvalue weighted by Crippen LogP contribution is 2.39. The number of alkyl halides is 1. The fraction of sp³-hybridized carbons (Fsp3) is 0.440. The minimum atomic E-state index is -1.10. The number of piperidine rings is 1. The molecule has 1 aromatic carbocycles. The largest absolute Gasteiger partial charge is 0.494 e. The minimum absolute atomic E-state index is 0. The van der Waals surface area contributed by atoms with Crippen molar-refractivity contribution in [2.45, 2.75) is 38.0 Å². The number of rotatable bonds is 5. The van der Waals surface area contributed by atoms with Crippen molar-refractivity contribution in [1.82, 2.24) is 19.0 Å². The lowest BCUT2D eigenvalue weighted by molar-refractivity contribution is 0.0606. The molecule has 6 rings (SSSR count). The van der Waals surface area contributed by atoms with Crippen LogP contribution in [-0.2, 0) is 13.6 Å². The number of ether oxygens (including phenoxy) is 1. The molecule has 7 nitrogen and oxygen atoms in total. The molecule has 0 bridgehead atoms. The maximum Gasteiger partial charge on any atom is 0.254 e. The van der Waals surface area contributed by atoms with Gasteiger partial charge in [0.15, 0.2) is 5.82 Å². The second-order valence-electron chi connectivity index (χ2n) is 9.61. The van der Waals surface area contributed by atoms with Crippen LogP contribution in [0.1, 0.15) is 29.6 Å². The first-order chi connectivity index (χ1) is 16.4. The zero-order valence-corrected chi connectivity index (χ0v) is 21.4. The molecule has 2 fully saturated rings. The first-order valence-corrected chi connectivity index (χ1v) is 12.6. The molecule has 1 saturated carbocycles. The van der Waals surface area contributed by atoms with Crippen molar-refractivity contribution in [2.75, 3.05) is 20.2 Å². The molecule has 2 atom stereocenters. The Balaban J connectivity index is 0.00000253. The van der Waals surface area contributed by atoms with Crippen molar-refractivity contribution < 1.29 is 13.9 Å². The quantitative estimate of drug-likeness (QED) is 0.419. The smallest absolute Gasteiger partial charge is 0.254 e. The molecule has 0 spiro atoms. The molecule has 4 heterocycles. The molecule has 1 amide bonds. The number of halogens is 2. The number of aromatic nitrogens is 3. The first kappa shape index (κ1) is 24.1. The maximum absolute atomic E-state index is 14.1. The van der Waals surface area contributed by atoms with E-state index >= 15 is 0 Å². The number of fused-ring (bicyclic) bond motifs is 2. The van der Waals surface area contributed by atoms with Gasteiger partial charge in [-0.05, 0) is 54.8 Å². The van der Waals surface area contributed by atoms with Gasteiger partial charge in [0.25, 0.3) is 5.91 Å². The van der Waals surface area contributed by atoms with Crippen molar-refractivity contribution >= 4 is 50.9 Å². The lowest BCUT2D eigenvalue weighted by Gasteiger charge is -2.33. The van der Waals surface area contributed by atoms with Gasteiger partial charge in [0.05, 0.1) is 24.9 Å². The molecule has 1 aliphatic heterocycles. The Bertz CT molecular complexity index is 1400. The average Bonchev–Trinajstić information content (AvgIpc) is 3.26. The molecule has 0 radical (unpaired) electrons. The van der Waals surface area contributed by atoms with E-state index in [1.54, 1.807) is 30.6 Å². The van der Waals surface area contributed by atoms with Gasteiger partial charge in [-0.3, -0.25) is 4.79 Å². The lowest BCUT2D eigenvalue weighted by Crippen LogP contribution is -2.50. The van der Waals surface area contributed by atoms with Gasteiger partial charge in [0.2, 0.25) is 0 Å². The van der Waals surface area contributed by atoms with Gasteiger partial charge in [-0.2, -0.15) is 0 Å². The van der Waals surface area contributed by atoms with Crippen LogP contribution in [0.4, 0.5) is 4.39 Å². The third-order valence-electron chi connectivity index (χ3n) is 6.99. The molecule has 1 saturated heterocycles. The summed E-state index contributed by atoms with van der Waals surface area (Å²) in [6.07, 6.45) is 1.72. The summed E-state index contributed by atoms with van der Waals surface area (Å²) < 4.78 is 24.2. The van der Waals surface area contributed by atoms with Gasteiger partial charge >= 0.3 is 0 Å². The van der Waals surface area contributed by atoms with Crippen molar-refractivity contribution in [2.24, 2.45) is 18.7 Å². The van der Waals surface area contributed by atoms with E-state index in [9.17, 15) is 9.18 Å². The van der Waals surface area contributed by atoms with Crippen LogP contribution in [0, 0.1) is 5.92 Å². The van der Waals surface area contributed by atoms with E-state index in [1.165, 1.54) is 28.0 Å². The van der Waals surface area contributed by atoms with Crippen LogP contribution in [0.3, 0.4) is 0 Å². The molecule has 1 aliphatic carbocycles. The molecule has 0 unspecified atom stereocenters. The molecule has 2 N–H and O–H groups in total. The fourth-order valence-corrected chi connectivity index (χ4v) is 6.05. The molecular formula is C25H29ClFN5O2S. The van der Waals surface area contributed by atoms with Crippen LogP contribution in [0.2, 0.25) is 0 Å². The van der Waals surface area contributed by atoms with E-state index in [1.807, 2.05) is 11.6 Å². The Morgan fingerprint density at radius 2 is 2.09 bits per heavy atom. The fourth-order valence-electron chi connectivity index (χ4n) is 5.14. The number of methoxy groups -OCH3 is 1. The van der Waals surface area contributed by atoms with E-state index in [0.717, 1.165) is 29.5 Å². The highest BCUT2D eigenvalue weighted by atomic mass is 35.5. The summed E-state index contributed by atoms with van der Waals surface area (Å²) in [6, 6.07) is 7.51. The Hall–Kier alpha value is -2.62. The number of carbonyl (C=O) groups excluding carboxylic acids is 1. The highest BCUT2D eigenvalue weighted by molar-refractivity contribution is 7.16. The number of imidazole rings is 1. The lowest BCUT2D eigenvalue weighted by atomic mass is 10.0. The van der Waals surface area contributed by atoms with Crippen LogP contribution in [-0.4, -0.2) is 57.3 Å². The third-order valence-corrected chi connectivity index (χ3v) is 7.94. The van der Waals surface area contributed by atoms with Crippen LogP contribution >= 0.6 is 23.7 Å². The second-order valence-corrected chi connectivity index (χ2v) is 10.5. The predicted molar refractivity (Wildman–Crippen MR) is 139 cm³/mol. The minimum Gasteiger partial charge on any atom is -0.494 e. The molecule has 35 heavy (non-hydrogen) atoms. The summed E-state index contributed by atoms with van der Waals surface area (Å²) in [5.41, 5.74) is 8.98. The Morgan fingerprint density at radius 1 is 1.29 bits per heavy atom. The van der Waals surface area contributed by atoms with Gasteiger partial charge in [0, 0.05) is 37.1 Å². The van der Waals surface area contributed by atoms with Crippen LogP contribution < -0.4 is 10.5 Å². The third kappa shape index (κ3) is 4.19. The summed E-state index contributed by atoms with van der Waals surface area (Å²) in [4.78, 5) is 21.0. The van der Waals surface area contributed by atoms with Crippen molar-refractivity contribution in [3.05, 3.63) is 35.2 Å². The maximum atomic E-state index is 14.1. The standard InChI is InChI=1S/C25H28FN5O2S.ClH/c1-29-22-19(7-16(9-21(22)33-2)24(32)30-12-17(26)10-18(27)13-30)28-23(29)20-8-15-5-6-34-25(15)31(20)11-14-3-4-14;/h5-9,14,17-18H,3-4,10-13,27H2,1-2H3;1H/t17-,18-;/m1./s1. The molecule has 2 aliphatic rings. The summed E-state index contributed by atoms with van der Waals surface area (Å²) in [5, 5.41) is 3.35. The SMILES string of the molecule is COc1cc(C(=O)N2C[C@H](N)C[C@@H](F)C2)cc2nc(-c3cc4ccsc4n3CC3CC3)n(C)c12.Cl. The van der Waals surface area contributed by atoms with E-state index < -0.39 is 6.17 Å². The van der Waals surface area contributed by atoms with Gasteiger partial charge in [-0.1, -0.05) is 0 Å². The van der Waals surface area contributed by atoms with Crippen molar-refractivity contribution in [3.63, 3.8) is 0 Å². The van der Waals surface area contributed by atoms with E-state index in [2.05, 4.69) is 22.1 Å². The van der Waals surface area contributed by atoms with E-state index in [-0.39, 0.29) is 37.3 Å². The van der Waals surface area contributed by atoms with Crippen LogP contribution in [0.15, 0.2) is 29.6 Å². The van der Waals surface area contributed by atoms with Gasteiger partial charge in [0.1, 0.15) is 22.3 Å². The number of carbonyl (C=O) groups is 1. The number of likely N-dealkylation sites (tertiary alicyclic amines) is 1. The number of hydrogen-bond acceptors (Lipinski definition) is 5. The predicted octanol–water partition coefficient (Wildman–Crippen LogP) is 4.61. The molecule has 10 heteroatoms. The van der Waals surface area contributed by atoms with E-state index in [4.69, 9.17) is 15.5 Å². The van der Waals surface area contributed by atoms with Crippen molar-refractivity contribution in [3.8, 4) is 17.3 Å². The number of nitrogens with two attached hydrogens (primary N) is 1. The molecular weight excluding hydrogens is 489 g/mol. The van der Waals surface area contributed by atoms with Gasteiger partial charge < -0.3 is 24.5 Å². The van der Waals surface area contributed by atoms with Crippen LogP contribution in [0.5, 0.6) is 5.75 Å². The van der Waals surface area contributed by atoms with Gasteiger partial charge in [-0.25, -0.2) is 9.37 Å². The zero-order valence-electron chi connectivity index (χ0n) is 19.7. The Morgan fingerprint density at radius 3 is 2.80 bits per heavy atom. The normalized spacial score (nSPS) is 20.4. The Kier molecular flexibility index (Phi) is 6.27. The first-order valence-electron chi connectivity index (χ1n) is 11.7. The van der Waals surface area contributed by atoms with E-state index in [0.29, 0.717) is 23.4 Å². The topological polar surface area (TPSA) is 78.3 Å². The van der Waals surface area contributed by atoms with Crippen LogP contribution in [0.25, 0.3) is 32.8 Å². The zero-order chi connectivity index (χ0) is 23.6. The number of benzene rings is 1. The number of thiophene rings is 1. The molecule has 4 aromatic rings. The number of amides is 1. The summed E-state index contributed by atoms with van der Waals surface area (Å²) in [6.45, 7) is 1.40. The summed E-state index contributed by atoms with van der Waals surface area (Å²) in [7, 11) is 3.57. The summed E-state index contributed by atoms with van der Waals surface area (Å²) in [5.74, 6) is 1.89. The second kappa shape index (κ2) is 9.11. The monoisotopic (exact) mass is 517 g/mol. The summed E-state index contributed by atoms with van der Waals surface area (Å²) >= 11 is 1.75. The Labute approximate surface area is 213 Å².